The van der Waals surface area contributed by atoms with Crippen molar-refractivity contribution in [2.24, 2.45) is 11.5 Å². The van der Waals surface area contributed by atoms with Crippen molar-refractivity contribution in [3.05, 3.63) is 95.6 Å². The fourth-order valence-electron chi connectivity index (χ4n) is 6.63. The van der Waals surface area contributed by atoms with E-state index in [4.69, 9.17) is 16.2 Å². The highest BCUT2D eigenvalue weighted by Gasteiger charge is 2.64. The molecule has 48 heavy (non-hydrogen) atoms. The van der Waals surface area contributed by atoms with Crippen molar-refractivity contribution in [2.45, 2.75) is 43.1 Å². The summed E-state index contributed by atoms with van der Waals surface area (Å²) in [6.45, 7) is -0.246. The van der Waals surface area contributed by atoms with Crippen molar-refractivity contribution in [1.29, 1.82) is 0 Å². The van der Waals surface area contributed by atoms with Crippen molar-refractivity contribution in [3.63, 3.8) is 0 Å². The summed E-state index contributed by atoms with van der Waals surface area (Å²) < 4.78 is 19.5. The number of rotatable bonds is 10. The molecule has 15 heteroatoms. The number of benzene rings is 3. The number of carbonyl (C=O) groups is 4. The first kappa shape index (κ1) is 34.7. The zero-order valence-corrected chi connectivity index (χ0v) is 27.1. The second kappa shape index (κ2) is 14.7. The van der Waals surface area contributed by atoms with Gasteiger partial charge in [-0.1, -0.05) is 54.6 Å². The Morgan fingerprint density at radius 3 is 1.98 bits per heavy atom. The summed E-state index contributed by atoms with van der Waals surface area (Å²) in [4.78, 5) is 76.7. The first-order valence-corrected chi connectivity index (χ1v) is 17.2. The minimum atomic E-state index is -5.25. The molecule has 254 valence electrons. The Morgan fingerprint density at radius 2 is 1.42 bits per heavy atom. The van der Waals surface area contributed by atoms with Crippen molar-refractivity contribution >= 4 is 42.8 Å². The third-order valence-corrected chi connectivity index (χ3v) is 10.5. The highest BCUT2D eigenvalue weighted by Crippen LogP contribution is 2.69. The molecular formula is C33H39N6O8P. The highest BCUT2D eigenvalue weighted by molar-refractivity contribution is 7.53. The monoisotopic (exact) mass is 678 g/mol. The van der Waals surface area contributed by atoms with Gasteiger partial charge in [0.15, 0.2) is 5.28 Å². The topological polar surface area (TPSA) is 218 Å². The van der Waals surface area contributed by atoms with Crippen LogP contribution in [0.25, 0.3) is 0 Å². The summed E-state index contributed by atoms with van der Waals surface area (Å²) in [7, 11) is -5.25. The molecule has 8 N–H and O–H groups in total. The predicted octanol–water partition coefficient (Wildman–Crippen LogP) is 2.63. The Labute approximate surface area is 277 Å². The van der Waals surface area contributed by atoms with Gasteiger partial charge in [-0.15, -0.1) is 0 Å². The van der Waals surface area contributed by atoms with Crippen LogP contribution in [0.4, 0.5) is 16.2 Å². The lowest BCUT2D eigenvalue weighted by atomic mass is 9.86. The molecular weight excluding hydrogens is 639 g/mol. The molecule has 0 saturated carbocycles. The number of hydrogen-bond acceptors (Lipinski definition) is 8. The number of nitrogens with one attached hydrogen (secondary N) is 2. The molecule has 0 unspecified atom stereocenters. The molecule has 0 spiro atoms. The van der Waals surface area contributed by atoms with Gasteiger partial charge in [-0.3, -0.25) is 23.8 Å². The Kier molecular flexibility index (Phi) is 10.6. The number of carbonyl (C=O) groups excluding carboxylic acids is 4. The predicted molar refractivity (Wildman–Crippen MR) is 177 cm³/mol. The quantitative estimate of drug-likeness (QED) is 0.172. The molecule has 3 aromatic carbocycles. The molecule has 3 atom stereocenters. The van der Waals surface area contributed by atoms with E-state index in [1.165, 1.54) is 34.1 Å². The van der Waals surface area contributed by atoms with Crippen molar-refractivity contribution in [3.8, 4) is 0 Å². The molecule has 2 heterocycles. The number of amides is 4. The maximum atomic E-state index is 14.5. The lowest BCUT2D eigenvalue weighted by molar-refractivity contribution is -0.138. The zero-order chi connectivity index (χ0) is 34.5. The SMILES string of the molecule is NCC(=O)Nc1ccc([C@@H]2CCN(C(=O)[C@@H]3CCCN3C(=O)OCc3ccccc3)[C@@]2(c2ccc(NC(=O)CN)cc2)P(=O)(O)O)cc1. The van der Waals surface area contributed by atoms with Gasteiger partial charge < -0.3 is 41.5 Å². The van der Waals surface area contributed by atoms with Crippen LogP contribution in [-0.2, 0) is 35.6 Å². The number of ether oxygens (including phenoxy) is 1. The van der Waals surface area contributed by atoms with Crippen LogP contribution in [0.1, 0.15) is 41.9 Å². The van der Waals surface area contributed by atoms with Gasteiger partial charge >= 0.3 is 13.7 Å². The summed E-state index contributed by atoms with van der Waals surface area (Å²) in [5, 5.41) is 3.08. The van der Waals surface area contributed by atoms with Crippen LogP contribution in [0.2, 0.25) is 0 Å². The summed E-state index contributed by atoms with van der Waals surface area (Å²) >= 11 is 0. The molecule has 0 aliphatic carbocycles. The number of hydrogen-bond donors (Lipinski definition) is 6. The van der Waals surface area contributed by atoms with E-state index in [1.807, 2.05) is 30.3 Å². The first-order valence-electron chi connectivity index (χ1n) is 15.5. The molecule has 14 nitrogen and oxygen atoms in total. The largest absolute Gasteiger partial charge is 0.445 e. The Balaban J connectivity index is 1.53. The van der Waals surface area contributed by atoms with Crippen molar-refractivity contribution in [2.75, 3.05) is 36.8 Å². The smallest absolute Gasteiger partial charge is 0.410 e. The number of likely N-dealkylation sites (tertiary alicyclic amines) is 2. The van der Waals surface area contributed by atoms with Crippen LogP contribution in [0.5, 0.6) is 0 Å². The van der Waals surface area contributed by atoms with Crippen molar-refractivity contribution < 1.29 is 38.3 Å². The van der Waals surface area contributed by atoms with Crippen LogP contribution >= 0.6 is 7.60 Å². The Bertz CT molecular complexity index is 1680. The standard InChI is InChI=1S/C33H39N6O8P/c34-19-29(40)36-25-12-8-23(9-13-25)27-16-18-39(33(27,48(44,45)46)24-10-14-26(15-11-24)37-30(41)20-35)31(42)28-7-4-17-38(28)32(43)47-21-22-5-2-1-3-6-22/h1-3,5-6,8-15,27-28H,4,7,16-21,34-35H2,(H,36,40)(H,37,41)(H2,44,45,46)/t27-,28-,33-/m0/s1. The van der Waals surface area contributed by atoms with Gasteiger partial charge in [-0.25, -0.2) is 4.79 Å². The Morgan fingerprint density at radius 1 is 0.833 bits per heavy atom. The van der Waals surface area contributed by atoms with E-state index in [-0.39, 0.29) is 51.2 Å². The maximum absolute atomic E-state index is 14.5. The fraction of sp³-hybridized carbons (Fsp3) is 0.333. The third-order valence-electron chi connectivity index (χ3n) is 8.79. The molecule has 2 aliphatic heterocycles. The van der Waals surface area contributed by atoms with Crippen molar-refractivity contribution in [1.82, 2.24) is 9.80 Å². The first-order chi connectivity index (χ1) is 23.0. The average Bonchev–Trinajstić information content (AvgIpc) is 3.75. The van der Waals surface area contributed by atoms with E-state index in [9.17, 15) is 33.5 Å². The van der Waals surface area contributed by atoms with E-state index >= 15 is 0 Å². The summed E-state index contributed by atoms with van der Waals surface area (Å²) in [6, 6.07) is 20.5. The van der Waals surface area contributed by atoms with Gasteiger partial charge in [-0.2, -0.15) is 0 Å². The van der Waals surface area contributed by atoms with Gasteiger partial charge in [0.1, 0.15) is 12.6 Å². The molecule has 0 bridgehead atoms. The van der Waals surface area contributed by atoms with E-state index in [2.05, 4.69) is 10.6 Å². The van der Waals surface area contributed by atoms with Gasteiger partial charge in [0.05, 0.1) is 13.1 Å². The minimum Gasteiger partial charge on any atom is -0.445 e. The lowest BCUT2D eigenvalue weighted by Gasteiger charge is -2.44. The highest BCUT2D eigenvalue weighted by atomic mass is 31.2. The van der Waals surface area contributed by atoms with Crippen LogP contribution in [0, 0.1) is 0 Å². The van der Waals surface area contributed by atoms with Crippen LogP contribution in [0.15, 0.2) is 78.9 Å². The molecule has 3 aromatic rings. The molecule has 4 amide bonds. The van der Waals surface area contributed by atoms with Gasteiger partial charge in [0.2, 0.25) is 17.7 Å². The molecule has 0 radical (unpaired) electrons. The second-order valence-electron chi connectivity index (χ2n) is 11.7. The molecule has 2 aliphatic rings. The molecule has 2 fully saturated rings. The Hall–Kier alpha value is -4.59. The maximum Gasteiger partial charge on any atom is 0.410 e. The average molecular weight is 679 g/mol. The van der Waals surface area contributed by atoms with Crippen LogP contribution in [-0.4, -0.2) is 75.6 Å². The van der Waals surface area contributed by atoms with Gasteiger partial charge in [0, 0.05) is 30.4 Å². The number of nitrogens with two attached hydrogens (primary N) is 2. The fourth-order valence-corrected chi connectivity index (χ4v) is 8.31. The third kappa shape index (κ3) is 6.98. The summed E-state index contributed by atoms with van der Waals surface area (Å²) in [5.41, 5.74) is 13.1. The van der Waals surface area contributed by atoms with E-state index < -0.39 is 48.7 Å². The lowest BCUT2D eigenvalue weighted by Crippen LogP contribution is -2.54. The molecule has 5 rings (SSSR count). The van der Waals surface area contributed by atoms with E-state index in [1.54, 1.807) is 24.3 Å². The molecule has 2 saturated heterocycles. The molecule has 0 aromatic heterocycles. The zero-order valence-electron chi connectivity index (χ0n) is 26.2. The van der Waals surface area contributed by atoms with E-state index in [0.29, 0.717) is 23.4 Å². The second-order valence-corrected chi connectivity index (χ2v) is 13.5. The normalized spacial score (nSPS) is 20.8. The number of nitrogens with zero attached hydrogens (tertiary/aromatic N) is 2. The number of anilines is 2. The van der Waals surface area contributed by atoms with E-state index in [0.717, 1.165) is 5.56 Å². The van der Waals surface area contributed by atoms with Gasteiger partial charge in [-0.05, 0) is 60.2 Å². The van der Waals surface area contributed by atoms with Crippen LogP contribution in [0.3, 0.4) is 0 Å². The van der Waals surface area contributed by atoms with Gasteiger partial charge in [0.25, 0.3) is 0 Å². The minimum absolute atomic E-state index is 0.00403. The summed E-state index contributed by atoms with van der Waals surface area (Å²) in [5.74, 6) is -2.37. The summed E-state index contributed by atoms with van der Waals surface area (Å²) in [6.07, 6.45) is 0.282. The van der Waals surface area contributed by atoms with Crippen LogP contribution < -0.4 is 22.1 Å².